The number of oxime groups is 1. The minimum Gasteiger partial charge on any atom is -0.390 e. The van der Waals surface area contributed by atoms with E-state index in [2.05, 4.69) is 15.0 Å². The fraction of sp³-hybridized carbons (Fsp3) is 0.200. The molecule has 0 atom stereocenters. The number of hydrogen-bond acceptors (Lipinski definition) is 4. The average molecular weight is 346 g/mol. The zero-order valence-electron chi connectivity index (χ0n) is 12.0. The van der Waals surface area contributed by atoms with E-state index in [0.717, 1.165) is 18.2 Å². The molecule has 4 nitrogen and oxygen atoms in total. The Balaban J connectivity index is 2.39. The molecule has 0 radical (unpaired) electrons. The van der Waals surface area contributed by atoms with Crippen LogP contribution in [0.3, 0.4) is 0 Å². The van der Waals surface area contributed by atoms with Crippen LogP contribution in [0.4, 0.5) is 22.0 Å². The lowest BCUT2D eigenvalue weighted by Crippen LogP contribution is -2.16. The molecule has 0 aliphatic carbocycles. The fourth-order valence-corrected chi connectivity index (χ4v) is 1.74. The highest BCUT2D eigenvalue weighted by Crippen LogP contribution is 2.18. The van der Waals surface area contributed by atoms with Crippen molar-refractivity contribution in [2.24, 2.45) is 5.16 Å². The van der Waals surface area contributed by atoms with Gasteiger partial charge in [0.25, 0.3) is 0 Å². The molecule has 0 aliphatic rings. The zero-order chi connectivity index (χ0) is 17.7. The minimum absolute atomic E-state index is 0.00891. The van der Waals surface area contributed by atoms with E-state index in [-0.39, 0.29) is 23.4 Å². The highest BCUT2D eigenvalue weighted by atomic mass is 19.4. The van der Waals surface area contributed by atoms with Gasteiger partial charge in [-0.3, -0.25) is 4.98 Å². The molecule has 2 aromatic rings. The van der Waals surface area contributed by atoms with Crippen LogP contribution in [-0.4, -0.2) is 28.6 Å². The van der Waals surface area contributed by atoms with Crippen molar-refractivity contribution in [3.05, 3.63) is 65.0 Å². The first kappa shape index (κ1) is 17.8. The third-order valence-corrected chi connectivity index (χ3v) is 2.84. The highest BCUT2D eigenvalue weighted by Gasteiger charge is 2.28. The van der Waals surface area contributed by atoms with Gasteiger partial charge in [0, 0.05) is 17.3 Å². The predicted molar refractivity (Wildman–Crippen MR) is 74.2 cm³/mol. The molecule has 0 fully saturated rings. The molecule has 2 rings (SSSR count). The van der Waals surface area contributed by atoms with Gasteiger partial charge in [0.05, 0.1) is 12.3 Å². The first-order chi connectivity index (χ1) is 11.3. The van der Waals surface area contributed by atoms with E-state index in [1.807, 2.05) is 0 Å². The van der Waals surface area contributed by atoms with Gasteiger partial charge in [0.2, 0.25) is 6.61 Å². The Morgan fingerprint density at radius 2 is 1.79 bits per heavy atom. The third kappa shape index (κ3) is 4.72. The van der Waals surface area contributed by atoms with Crippen LogP contribution in [0.2, 0.25) is 0 Å². The SMILES string of the molecule is OCc1ccc(/C(=N/OCC(F)(F)F)c2ccc(F)c(F)c2)cn1. The second-order valence-corrected chi connectivity index (χ2v) is 4.65. The molecule has 0 saturated carbocycles. The van der Waals surface area contributed by atoms with E-state index in [1.54, 1.807) is 0 Å². The second kappa shape index (κ2) is 7.35. The maximum Gasteiger partial charge on any atom is 0.425 e. The standard InChI is InChI=1S/C15H11F5N2O2/c16-12-4-2-9(5-13(12)17)14(22-24-8-15(18,19)20)10-1-3-11(7-23)21-6-10/h1-6,23H,7-8H2/b22-14+. The van der Waals surface area contributed by atoms with Crippen LogP contribution in [-0.2, 0) is 11.4 Å². The van der Waals surface area contributed by atoms with Gasteiger partial charge in [-0.2, -0.15) is 13.2 Å². The van der Waals surface area contributed by atoms with Gasteiger partial charge < -0.3 is 9.94 Å². The van der Waals surface area contributed by atoms with Crippen molar-refractivity contribution in [1.29, 1.82) is 0 Å². The Hall–Kier alpha value is -2.55. The molecular formula is C15H11F5N2O2. The van der Waals surface area contributed by atoms with Crippen LogP contribution >= 0.6 is 0 Å². The monoisotopic (exact) mass is 346 g/mol. The molecular weight excluding hydrogens is 335 g/mol. The van der Waals surface area contributed by atoms with Gasteiger partial charge in [-0.05, 0) is 30.3 Å². The number of hydrogen-bond donors (Lipinski definition) is 1. The topological polar surface area (TPSA) is 54.7 Å². The first-order valence-electron chi connectivity index (χ1n) is 6.58. The number of alkyl halides is 3. The number of pyridine rings is 1. The molecule has 0 unspecified atom stereocenters. The lowest BCUT2D eigenvalue weighted by molar-refractivity contribution is -0.173. The van der Waals surface area contributed by atoms with E-state index in [1.165, 1.54) is 18.3 Å². The summed E-state index contributed by atoms with van der Waals surface area (Å²) in [5.74, 6) is -2.29. The Morgan fingerprint density at radius 1 is 1.08 bits per heavy atom. The zero-order valence-corrected chi connectivity index (χ0v) is 12.0. The van der Waals surface area contributed by atoms with Crippen molar-refractivity contribution in [1.82, 2.24) is 4.98 Å². The van der Waals surface area contributed by atoms with Gasteiger partial charge >= 0.3 is 6.18 Å². The van der Waals surface area contributed by atoms with Crippen LogP contribution in [0.15, 0.2) is 41.7 Å². The molecule has 0 saturated heterocycles. The summed E-state index contributed by atoms with van der Waals surface area (Å²) >= 11 is 0. The second-order valence-electron chi connectivity index (χ2n) is 4.65. The summed E-state index contributed by atoms with van der Waals surface area (Å²) < 4.78 is 63.0. The Kier molecular flexibility index (Phi) is 5.45. The normalized spacial score (nSPS) is 12.3. The smallest absolute Gasteiger partial charge is 0.390 e. The maximum atomic E-state index is 13.4. The quantitative estimate of drug-likeness (QED) is 0.514. The van der Waals surface area contributed by atoms with Gasteiger partial charge in [0.15, 0.2) is 11.6 Å². The largest absolute Gasteiger partial charge is 0.425 e. The highest BCUT2D eigenvalue weighted by molar-refractivity contribution is 6.12. The molecule has 1 N–H and O–H groups in total. The van der Waals surface area contributed by atoms with Crippen molar-refractivity contribution in [3.63, 3.8) is 0 Å². The lowest BCUT2D eigenvalue weighted by Gasteiger charge is -2.09. The molecule has 1 heterocycles. The van der Waals surface area contributed by atoms with E-state index < -0.39 is 24.4 Å². The fourth-order valence-electron chi connectivity index (χ4n) is 1.74. The van der Waals surface area contributed by atoms with Gasteiger partial charge in [-0.15, -0.1) is 0 Å². The summed E-state index contributed by atoms with van der Waals surface area (Å²) in [7, 11) is 0. The van der Waals surface area contributed by atoms with Crippen molar-refractivity contribution in [2.45, 2.75) is 12.8 Å². The number of aliphatic hydroxyl groups is 1. The lowest BCUT2D eigenvalue weighted by atomic mass is 10.0. The third-order valence-electron chi connectivity index (χ3n) is 2.84. The van der Waals surface area contributed by atoms with Crippen molar-refractivity contribution < 1.29 is 31.9 Å². The number of benzene rings is 1. The molecule has 0 spiro atoms. The number of aliphatic hydroxyl groups excluding tert-OH is 1. The van der Waals surface area contributed by atoms with Crippen molar-refractivity contribution >= 4 is 5.71 Å². The molecule has 9 heteroatoms. The van der Waals surface area contributed by atoms with Gasteiger partial charge in [0.1, 0.15) is 5.71 Å². The van der Waals surface area contributed by atoms with Crippen LogP contribution in [0, 0.1) is 11.6 Å². The molecule has 0 amide bonds. The van der Waals surface area contributed by atoms with Crippen molar-refractivity contribution in [2.75, 3.05) is 6.61 Å². The Bertz CT molecular complexity index is 730. The number of nitrogens with zero attached hydrogens (tertiary/aromatic N) is 2. The van der Waals surface area contributed by atoms with Gasteiger partial charge in [-0.1, -0.05) is 5.16 Å². The first-order valence-corrected chi connectivity index (χ1v) is 6.58. The molecule has 1 aromatic carbocycles. The van der Waals surface area contributed by atoms with E-state index in [0.29, 0.717) is 5.69 Å². The summed E-state index contributed by atoms with van der Waals surface area (Å²) in [6.45, 7) is -1.97. The van der Waals surface area contributed by atoms with Crippen molar-refractivity contribution in [3.8, 4) is 0 Å². The summed E-state index contributed by atoms with van der Waals surface area (Å²) in [5, 5.41) is 12.3. The minimum atomic E-state index is -4.60. The average Bonchev–Trinajstić information content (AvgIpc) is 2.54. The predicted octanol–water partition coefficient (Wildman–Crippen LogP) is 3.18. The molecule has 24 heavy (non-hydrogen) atoms. The Morgan fingerprint density at radius 3 is 2.33 bits per heavy atom. The summed E-state index contributed by atoms with van der Waals surface area (Å²) in [5.41, 5.74) is 0.379. The Labute approximate surface area is 133 Å². The van der Waals surface area contributed by atoms with Crippen LogP contribution in [0.1, 0.15) is 16.8 Å². The number of halogens is 5. The van der Waals surface area contributed by atoms with Crippen LogP contribution < -0.4 is 0 Å². The summed E-state index contributed by atoms with van der Waals surface area (Å²) in [6.07, 6.45) is -3.37. The molecule has 128 valence electrons. The molecule has 0 bridgehead atoms. The molecule has 0 aliphatic heterocycles. The number of aromatic nitrogens is 1. The maximum absolute atomic E-state index is 13.4. The van der Waals surface area contributed by atoms with Gasteiger partial charge in [-0.25, -0.2) is 8.78 Å². The van der Waals surface area contributed by atoms with E-state index >= 15 is 0 Å². The van der Waals surface area contributed by atoms with E-state index in [9.17, 15) is 22.0 Å². The van der Waals surface area contributed by atoms with E-state index in [4.69, 9.17) is 5.11 Å². The molecule has 1 aromatic heterocycles. The van der Waals surface area contributed by atoms with Crippen LogP contribution in [0.5, 0.6) is 0 Å². The summed E-state index contributed by atoms with van der Waals surface area (Å²) in [4.78, 5) is 8.13. The summed E-state index contributed by atoms with van der Waals surface area (Å²) in [6, 6.07) is 5.57. The van der Waals surface area contributed by atoms with Crippen LogP contribution in [0.25, 0.3) is 0 Å². The number of rotatable bonds is 5.